The van der Waals surface area contributed by atoms with Crippen LogP contribution in [0.2, 0.25) is 12.1 Å². The maximum absolute atomic E-state index is 6.81. The second-order valence-corrected chi connectivity index (χ2v) is 5.69. The molecule has 1 aromatic rings. The van der Waals surface area contributed by atoms with E-state index in [1.165, 1.54) is 25.6 Å². The molecule has 1 N–H and O–H groups in total. The van der Waals surface area contributed by atoms with Crippen LogP contribution >= 0.6 is 11.3 Å². The summed E-state index contributed by atoms with van der Waals surface area (Å²) < 4.78 is 6.81. The van der Waals surface area contributed by atoms with Crippen LogP contribution in [-0.2, 0) is 32.7 Å². The number of rotatable bonds is 5. The van der Waals surface area contributed by atoms with E-state index in [1.807, 2.05) is 22.9 Å². The Balaban J connectivity index is 0. The third-order valence-electron chi connectivity index (χ3n) is 3.60. The topological polar surface area (TPSA) is 20.2 Å². The molecule has 0 amide bonds. The van der Waals surface area contributed by atoms with Gasteiger partial charge in [-0.25, -0.2) is 0 Å². The molecule has 2 rings (SSSR count). The predicted molar refractivity (Wildman–Crippen MR) is 84.3 cm³/mol. The Morgan fingerprint density at radius 1 is 1.42 bits per heavy atom. The SMILES string of the molecule is [2H]OCC1C(C)C[B]C1CCCC.[CH3-].[Y].c1ccsc1. The van der Waals surface area contributed by atoms with Gasteiger partial charge in [0.25, 0.3) is 0 Å². The summed E-state index contributed by atoms with van der Waals surface area (Å²) in [7, 11) is 2.43. The van der Waals surface area contributed by atoms with Gasteiger partial charge in [0.2, 0.25) is 1.43 Å². The molecule has 0 spiro atoms. The van der Waals surface area contributed by atoms with Gasteiger partial charge in [0.05, 0.1) is 0 Å². The minimum absolute atomic E-state index is 0. The summed E-state index contributed by atoms with van der Waals surface area (Å²) in [5.41, 5.74) is 0. The van der Waals surface area contributed by atoms with Crippen molar-refractivity contribution in [3.05, 3.63) is 30.3 Å². The zero-order valence-electron chi connectivity index (χ0n) is 13.5. The van der Waals surface area contributed by atoms with E-state index in [0.29, 0.717) is 24.3 Å². The van der Waals surface area contributed by atoms with E-state index < -0.39 is 0 Å². The number of aliphatic hydroxyl groups excluding tert-OH is 1. The van der Waals surface area contributed by atoms with Crippen molar-refractivity contribution >= 4 is 18.6 Å². The Hall–Kier alpha value is 0.829. The van der Waals surface area contributed by atoms with Gasteiger partial charge in [-0.15, -0.1) is 0 Å². The second-order valence-electron chi connectivity index (χ2n) is 4.88. The van der Waals surface area contributed by atoms with Crippen LogP contribution in [0.1, 0.15) is 33.1 Å². The van der Waals surface area contributed by atoms with Crippen LogP contribution in [0.3, 0.4) is 0 Å². The van der Waals surface area contributed by atoms with Crippen molar-refractivity contribution in [1.29, 1.82) is 1.43 Å². The molecular formula is C15H27BOSY-. The van der Waals surface area contributed by atoms with E-state index in [0.717, 1.165) is 0 Å². The summed E-state index contributed by atoms with van der Waals surface area (Å²) in [4.78, 5) is 0. The summed E-state index contributed by atoms with van der Waals surface area (Å²) >= 11 is 1.71. The molecule has 1 fully saturated rings. The molecule has 4 heteroatoms. The average Bonchev–Trinajstić information content (AvgIpc) is 3.03. The van der Waals surface area contributed by atoms with Crippen molar-refractivity contribution in [3.63, 3.8) is 0 Å². The molecule has 0 saturated carbocycles. The third kappa shape index (κ3) is 8.65. The zero-order valence-corrected chi connectivity index (χ0v) is 16.2. The standard InChI is InChI=1S/C10H20BO.C4H4S.CH3.Y/c1-3-4-5-10-9(7-12)8(2)6-11-10;1-2-4-5-3-1;;/h8-10,12H,3-7H2,1-2H3;1-4H;1H3;/q;;-1;/i12D;;;. The van der Waals surface area contributed by atoms with Crippen LogP contribution in [0, 0.1) is 19.3 Å². The number of unbranched alkanes of at least 4 members (excludes halogenated alkanes) is 1. The third-order valence-corrected chi connectivity index (χ3v) is 4.23. The van der Waals surface area contributed by atoms with Gasteiger partial charge in [-0.1, -0.05) is 57.4 Å². The van der Waals surface area contributed by atoms with E-state index in [-0.39, 0.29) is 40.1 Å². The van der Waals surface area contributed by atoms with Gasteiger partial charge in [0, 0.05) is 39.3 Å². The molecule has 0 aliphatic carbocycles. The quantitative estimate of drug-likeness (QED) is 0.607. The van der Waals surface area contributed by atoms with Crippen molar-refractivity contribution in [2.75, 3.05) is 6.61 Å². The molecule has 19 heavy (non-hydrogen) atoms. The predicted octanol–water partition coefficient (Wildman–Crippen LogP) is 4.54. The number of aliphatic hydroxyl groups is 1. The Bertz CT molecular complexity index is 270. The fraction of sp³-hybridized carbons (Fsp3) is 0.667. The van der Waals surface area contributed by atoms with Gasteiger partial charge in [0.15, 0.2) is 0 Å². The van der Waals surface area contributed by atoms with Crippen molar-refractivity contribution in [1.82, 2.24) is 0 Å². The summed E-state index contributed by atoms with van der Waals surface area (Å²) in [6.45, 7) is 5.12. The minimum Gasteiger partial charge on any atom is -0.396 e. The molecule has 1 aliphatic heterocycles. The fourth-order valence-corrected chi connectivity index (χ4v) is 2.90. The van der Waals surface area contributed by atoms with E-state index in [9.17, 15) is 0 Å². The maximum Gasteiger partial charge on any atom is 0.210 e. The first kappa shape index (κ1) is 19.8. The van der Waals surface area contributed by atoms with Crippen LogP contribution in [0.4, 0.5) is 0 Å². The van der Waals surface area contributed by atoms with E-state index in [2.05, 4.69) is 26.2 Å². The summed E-state index contributed by atoms with van der Waals surface area (Å²) in [6.07, 6.45) is 5.08. The molecule has 1 aromatic heterocycles. The molecule has 0 bridgehead atoms. The minimum atomic E-state index is 0. The first-order valence-corrected chi connectivity index (χ1v) is 7.62. The van der Waals surface area contributed by atoms with E-state index >= 15 is 0 Å². The monoisotopic (exact) mass is 356 g/mol. The average molecular weight is 356 g/mol. The van der Waals surface area contributed by atoms with Gasteiger partial charge >= 0.3 is 0 Å². The van der Waals surface area contributed by atoms with Gasteiger partial charge in [-0.05, 0) is 22.6 Å². The molecule has 3 atom stereocenters. The van der Waals surface area contributed by atoms with Crippen LogP contribution in [-0.4, -0.2) is 20.4 Å². The van der Waals surface area contributed by atoms with Crippen LogP contribution < -0.4 is 0 Å². The summed E-state index contributed by atoms with van der Waals surface area (Å²) in [5.74, 6) is 2.02. The van der Waals surface area contributed by atoms with Crippen molar-refractivity contribution < 1.29 is 37.8 Å². The first-order chi connectivity index (χ1) is 8.79. The summed E-state index contributed by atoms with van der Waals surface area (Å²) in [6, 6.07) is 4.04. The van der Waals surface area contributed by atoms with Crippen molar-refractivity contribution in [2.24, 2.45) is 11.8 Å². The van der Waals surface area contributed by atoms with Gasteiger partial charge < -0.3 is 12.5 Å². The summed E-state index contributed by atoms with van der Waals surface area (Å²) in [5, 5.41) is 8.62. The van der Waals surface area contributed by atoms with E-state index in [4.69, 9.17) is 1.43 Å². The fourth-order valence-electron chi connectivity index (χ4n) is 2.45. The Kier molecular flexibility index (Phi) is 14.4. The Morgan fingerprint density at radius 2 is 2.11 bits per heavy atom. The number of hydrogen-bond acceptors (Lipinski definition) is 2. The molecule has 1 nitrogen and oxygen atoms in total. The van der Waals surface area contributed by atoms with Crippen molar-refractivity contribution in [3.8, 4) is 0 Å². The number of hydrogen-bond donors (Lipinski definition) is 1. The van der Waals surface area contributed by atoms with Crippen molar-refractivity contribution in [2.45, 2.75) is 45.2 Å². The second kappa shape index (κ2) is 13.8. The normalized spacial score (nSPS) is 24.9. The molecule has 2 heterocycles. The van der Waals surface area contributed by atoms with Crippen LogP contribution in [0.15, 0.2) is 22.9 Å². The van der Waals surface area contributed by atoms with Gasteiger partial charge in [-0.2, -0.15) is 11.3 Å². The Labute approximate surface area is 151 Å². The van der Waals surface area contributed by atoms with Crippen LogP contribution in [0.5, 0.6) is 0 Å². The van der Waals surface area contributed by atoms with Gasteiger partial charge in [-0.3, -0.25) is 0 Å². The zero-order chi connectivity index (χ0) is 13.2. The van der Waals surface area contributed by atoms with Crippen LogP contribution in [0.25, 0.3) is 0 Å². The van der Waals surface area contributed by atoms with Gasteiger partial charge in [0.1, 0.15) is 7.28 Å². The first-order valence-electron chi connectivity index (χ1n) is 7.09. The molecular weight excluding hydrogens is 328 g/mol. The Morgan fingerprint density at radius 3 is 2.58 bits per heavy atom. The molecule has 1 saturated heterocycles. The van der Waals surface area contributed by atoms with E-state index in [1.54, 1.807) is 11.3 Å². The smallest absolute Gasteiger partial charge is 0.210 e. The number of thiophene rings is 1. The largest absolute Gasteiger partial charge is 0.396 e. The molecule has 3 unspecified atom stereocenters. The maximum atomic E-state index is 6.81. The molecule has 106 valence electrons. The molecule has 1 aliphatic rings. The molecule has 0 aromatic carbocycles. The molecule has 2 radical (unpaired) electrons.